The Balaban J connectivity index is 2.16. The number of hydrogen-bond donors (Lipinski definition) is 0. The zero-order valence-electron chi connectivity index (χ0n) is 12.1. The number of hydrogen-bond acceptors (Lipinski definition) is 3. The summed E-state index contributed by atoms with van der Waals surface area (Å²) < 4.78 is 0. The zero-order valence-corrected chi connectivity index (χ0v) is 12.9. The van der Waals surface area contributed by atoms with Gasteiger partial charge >= 0.3 is 0 Å². The van der Waals surface area contributed by atoms with Crippen LogP contribution in [0.15, 0.2) is 55.4 Å². The molecule has 108 valence electrons. The molecule has 1 aromatic carbocycles. The fraction of sp³-hybridized carbons (Fsp3) is 0.0556. The molecule has 0 N–H and O–H groups in total. The van der Waals surface area contributed by atoms with Crippen molar-refractivity contribution in [1.82, 2.24) is 15.0 Å². The first-order valence-corrected chi connectivity index (χ1v) is 7.24. The second kappa shape index (κ2) is 6.08. The Labute approximate surface area is 134 Å². The number of rotatable bonds is 3. The highest BCUT2D eigenvalue weighted by Gasteiger charge is 2.11. The lowest BCUT2D eigenvalue weighted by atomic mass is 9.99. The van der Waals surface area contributed by atoms with Gasteiger partial charge in [0, 0.05) is 23.5 Å². The minimum absolute atomic E-state index is 0.227. The summed E-state index contributed by atoms with van der Waals surface area (Å²) in [5.41, 5.74) is 5.87. The molecule has 0 amide bonds. The molecule has 3 rings (SSSR count). The molecule has 0 aliphatic carbocycles. The summed E-state index contributed by atoms with van der Waals surface area (Å²) in [5, 5.41) is 0.227. The van der Waals surface area contributed by atoms with E-state index >= 15 is 0 Å². The van der Waals surface area contributed by atoms with Crippen molar-refractivity contribution >= 4 is 17.7 Å². The third kappa shape index (κ3) is 2.76. The maximum atomic E-state index is 5.90. The van der Waals surface area contributed by atoms with E-state index in [2.05, 4.69) is 34.5 Å². The molecule has 3 aromatic rings. The van der Waals surface area contributed by atoms with Crippen LogP contribution in [0.5, 0.6) is 0 Å². The quantitative estimate of drug-likeness (QED) is 0.652. The van der Waals surface area contributed by atoms with Gasteiger partial charge in [0.1, 0.15) is 0 Å². The number of aryl methyl sites for hydroxylation is 1. The van der Waals surface area contributed by atoms with E-state index in [0.717, 1.165) is 33.6 Å². The zero-order chi connectivity index (χ0) is 15.5. The van der Waals surface area contributed by atoms with Gasteiger partial charge in [0.2, 0.25) is 5.28 Å². The van der Waals surface area contributed by atoms with Gasteiger partial charge in [0.15, 0.2) is 0 Å². The highest BCUT2D eigenvalue weighted by atomic mass is 35.5. The summed E-state index contributed by atoms with van der Waals surface area (Å²) >= 11 is 5.90. The standard InChI is InChI=1S/C18H14ClN3/c1-3-13-6-7-14(11-12(13)2)17-15(5-4-9-20-17)16-8-10-21-18(19)22-16/h3-11H,1H2,2H3. The molecule has 0 fully saturated rings. The molecule has 3 nitrogen and oxygen atoms in total. The summed E-state index contributed by atoms with van der Waals surface area (Å²) in [5.74, 6) is 0. The Hall–Kier alpha value is -2.52. The first-order chi connectivity index (χ1) is 10.7. The average molecular weight is 308 g/mol. The van der Waals surface area contributed by atoms with Gasteiger partial charge in [-0.1, -0.05) is 24.8 Å². The van der Waals surface area contributed by atoms with Crippen molar-refractivity contribution in [1.29, 1.82) is 0 Å². The smallest absolute Gasteiger partial charge is 0.222 e. The Morgan fingerprint density at radius 3 is 2.68 bits per heavy atom. The van der Waals surface area contributed by atoms with E-state index in [9.17, 15) is 0 Å². The largest absolute Gasteiger partial charge is 0.256 e. The van der Waals surface area contributed by atoms with E-state index in [1.54, 1.807) is 12.4 Å². The van der Waals surface area contributed by atoms with Crippen molar-refractivity contribution in [2.45, 2.75) is 6.92 Å². The molecule has 0 aliphatic rings. The topological polar surface area (TPSA) is 38.7 Å². The third-order valence-electron chi connectivity index (χ3n) is 3.47. The predicted octanol–water partition coefficient (Wildman–Crippen LogP) is 4.81. The second-order valence-electron chi connectivity index (χ2n) is 4.89. The van der Waals surface area contributed by atoms with E-state index in [-0.39, 0.29) is 5.28 Å². The maximum absolute atomic E-state index is 5.90. The molecule has 0 saturated heterocycles. The van der Waals surface area contributed by atoms with Crippen molar-refractivity contribution < 1.29 is 0 Å². The monoisotopic (exact) mass is 307 g/mol. The van der Waals surface area contributed by atoms with Crippen LogP contribution in [0.4, 0.5) is 0 Å². The van der Waals surface area contributed by atoms with Crippen molar-refractivity contribution in [3.05, 3.63) is 71.8 Å². The van der Waals surface area contributed by atoms with Crippen LogP contribution >= 0.6 is 11.6 Å². The number of halogens is 1. The van der Waals surface area contributed by atoms with Crippen LogP contribution < -0.4 is 0 Å². The van der Waals surface area contributed by atoms with Crippen molar-refractivity contribution in [3.63, 3.8) is 0 Å². The van der Waals surface area contributed by atoms with Gasteiger partial charge in [-0.15, -0.1) is 0 Å². The summed E-state index contributed by atoms with van der Waals surface area (Å²) in [6.45, 7) is 5.88. The van der Waals surface area contributed by atoms with Crippen LogP contribution in [0.1, 0.15) is 11.1 Å². The minimum Gasteiger partial charge on any atom is -0.256 e. The molecule has 2 aromatic heterocycles. The SMILES string of the molecule is C=Cc1ccc(-c2ncccc2-c2ccnc(Cl)n2)cc1C. The number of pyridine rings is 1. The highest BCUT2D eigenvalue weighted by Crippen LogP contribution is 2.30. The Morgan fingerprint density at radius 1 is 1.09 bits per heavy atom. The van der Waals surface area contributed by atoms with Gasteiger partial charge < -0.3 is 0 Å². The van der Waals surface area contributed by atoms with Crippen LogP contribution in [0.3, 0.4) is 0 Å². The van der Waals surface area contributed by atoms with Gasteiger partial charge in [0.05, 0.1) is 11.4 Å². The highest BCUT2D eigenvalue weighted by molar-refractivity contribution is 6.28. The van der Waals surface area contributed by atoms with Gasteiger partial charge in [-0.3, -0.25) is 4.98 Å². The molecule has 4 heteroatoms. The van der Waals surface area contributed by atoms with E-state index in [4.69, 9.17) is 11.6 Å². The third-order valence-corrected chi connectivity index (χ3v) is 3.66. The van der Waals surface area contributed by atoms with Crippen LogP contribution in [0.2, 0.25) is 5.28 Å². The fourth-order valence-corrected chi connectivity index (χ4v) is 2.53. The van der Waals surface area contributed by atoms with Crippen molar-refractivity contribution in [2.75, 3.05) is 0 Å². The molecule has 0 bridgehead atoms. The summed E-state index contributed by atoms with van der Waals surface area (Å²) in [7, 11) is 0. The van der Waals surface area contributed by atoms with E-state index < -0.39 is 0 Å². The molecule has 2 heterocycles. The van der Waals surface area contributed by atoms with E-state index in [0.29, 0.717) is 0 Å². The average Bonchev–Trinajstić information content (AvgIpc) is 2.55. The van der Waals surface area contributed by atoms with Gasteiger partial charge in [-0.05, 0) is 53.9 Å². The Morgan fingerprint density at radius 2 is 1.95 bits per heavy atom. The first kappa shape index (κ1) is 14.4. The van der Waals surface area contributed by atoms with E-state index in [1.807, 2.05) is 36.4 Å². The van der Waals surface area contributed by atoms with Crippen LogP contribution in [-0.4, -0.2) is 15.0 Å². The second-order valence-corrected chi connectivity index (χ2v) is 5.22. The summed E-state index contributed by atoms with van der Waals surface area (Å²) in [6, 6.07) is 11.9. The normalized spacial score (nSPS) is 10.5. The molecule has 0 radical (unpaired) electrons. The summed E-state index contributed by atoms with van der Waals surface area (Å²) in [6.07, 6.45) is 5.27. The first-order valence-electron chi connectivity index (χ1n) is 6.86. The van der Waals surface area contributed by atoms with Gasteiger partial charge in [-0.25, -0.2) is 9.97 Å². The molecule has 0 spiro atoms. The molecule has 0 aliphatic heterocycles. The molecular weight excluding hydrogens is 294 g/mol. The minimum atomic E-state index is 0.227. The van der Waals surface area contributed by atoms with Crippen molar-refractivity contribution in [3.8, 4) is 22.5 Å². The lowest BCUT2D eigenvalue weighted by Crippen LogP contribution is -1.93. The molecular formula is C18H14ClN3. The fourth-order valence-electron chi connectivity index (χ4n) is 2.38. The van der Waals surface area contributed by atoms with Crippen LogP contribution in [-0.2, 0) is 0 Å². The van der Waals surface area contributed by atoms with Crippen molar-refractivity contribution in [2.24, 2.45) is 0 Å². The van der Waals surface area contributed by atoms with Gasteiger partial charge in [-0.2, -0.15) is 0 Å². The van der Waals surface area contributed by atoms with Gasteiger partial charge in [0.25, 0.3) is 0 Å². The Kier molecular flexibility index (Phi) is 3.98. The number of nitrogens with zero attached hydrogens (tertiary/aromatic N) is 3. The number of benzene rings is 1. The lowest BCUT2D eigenvalue weighted by Gasteiger charge is -2.10. The number of aromatic nitrogens is 3. The maximum Gasteiger partial charge on any atom is 0.222 e. The summed E-state index contributed by atoms with van der Waals surface area (Å²) in [4.78, 5) is 12.7. The molecule has 0 saturated carbocycles. The van der Waals surface area contributed by atoms with E-state index in [1.165, 1.54) is 0 Å². The lowest BCUT2D eigenvalue weighted by molar-refractivity contribution is 1.17. The molecule has 22 heavy (non-hydrogen) atoms. The Bertz CT molecular complexity index is 843. The molecule has 0 atom stereocenters. The van der Waals surface area contributed by atoms with Crippen LogP contribution in [0, 0.1) is 6.92 Å². The van der Waals surface area contributed by atoms with Crippen LogP contribution in [0.25, 0.3) is 28.6 Å². The molecule has 0 unspecified atom stereocenters. The predicted molar refractivity (Wildman–Crippen MR) is 90.5 cm³/mol.